The van der Waals surface area contributed by atoms with E-state index in [0.29, 0.717) is 13.1 Å². The highest BCUT2D eigenvalue weighted by Crippen LogP contribution is 2.33. The third-order valence-corrected chi connectivity index (χ3v) is 4.94. The van der Waals surface area contributed by atoms with Gasteiger partial charge in [-0.05, 0) is 11.8 Å². The van der Waals surface area contributed by atoms with Crippen LogP contribution in [0.3, 0.4) is 0 Å². The number of nitrogen functional groups attached to an aromatic ring is 1. The maximum atomic E-state index is 12.3. The summed E-state index contributed by atoms with van der Waals surface area (Å²) in [6.07, 6.45) is 2.32. The van der Waals surface area contributed by atoms with E-state index in [1.165, 1.54) is 15.2 Å². The smallest absolute Gasteiger partial charge is 0.248 e. The Balaban J connectivity index is 2.35. The van der Waals surface area contributed by atoms with Gasteiger partial charge in [-0.15, -0.1) is 0 Å². The van der Waals surface area contributed by atoms with E-state index in [9.17, 15) is 8.42 Å². The number of nitrogens with zero attached hydrogens (tertiary/aromatic N) is 3. The molecule has 1 aliphatic heterocycles. The van der Waals surface area contributed by atoms with E-state index in [0.717, 1.165) is 6.42 Å². The molecule has 0 spiro atoms. The van der Waals surface area contributed by atoms with Crippen molar-refractivity contribution in [2.24, 2.45) is 12.5 Å². The molecule has 0 aromatic carbocycles. The molecule has 2 heterocycles. The van der Waals surface area contributed by atoms with Gasteiger partial charge < -0.3 is 5.73 Å². The van der Waals surface area contributed by atoms with Crippen LogP contribution in [-0.2, 0) is 17.1 Å². The number of aromatic nitrogens is 2. The number of rotatable bonds is 2. The first-order valence-corrected chi connectivity index (χ1v) is 6.96. The monoisotopic (exact) mass is 258 g/mol. The molecular weight excluding hydrogens is 240 g/mol. The first kappa shape index (κ1) is 12.4. The minimum atomic E-state index is -3.49. The average Bonchev–Trinajstić information content (AvgIpc) is 2.69. The summed E-state index contributed by atoms with van der Waals surface area (Å²) in [6.45, 7) is 5.21. The van der Waals surface area contributed by atoms with Crippen molar-refractivity contribution < 1.29 is 8.42 Å². The molecule has 6 nitrogen and oxygen atoms in total. The quantitative estimate of drug-likeness (QED) is 0.833. The SMILES string of the molecule is Cn1cc(S(=O)(=O)N2CCC(C)(C)C2)c(N)n1. The zero-order chi connectivity index (χ0) is 12.8. The molecule has 17 heavy (non-hydrogen) atoms. The predicted octanol–water partition coefficient (Wildman–Crippen LogP) is 0.423. The van der Waals surface area contributed by atoms with E-state index in [4.69, 9.17) is 5.73 Å². The van der Waals surface area contributed by atoms with Crippen LogP contribution in [0.25, 0.3) is 0 Å². The zero-order valence-corrected chi connectivity index (χ0v) is 11.2. The van der Waals surface area contributed by atoms with Gasteiger partial charge in [0.05, 0.1) is 0 Å². The van der Waals surface area contributed by atoms with Crippen LogP contribution >= 0.6 is 0 Å². The molecule has 2 rings (SSSR count). The van der Waals surface area contributed by atoms with Crippen molar-refractivity contribution in [2.75, 3.05) is 18.8 Å². The third-order valence-electron chi connectivity index (χ3n) is 3.08. The Labute approximate surface area is 101 Å². The van der Waals surface area contributed by atoms with Gasteiger partial charge in [-0.2, -0.15) is 9.40 Å². The third kappa shape index (κ3) is 2.16. The molecule has 1 saturated heterocycles. The highest BCUT2D eigenvalue weighted by atomic mass is 32.2. The van der Waals surface area contributed by atoms with Crippen molar-refractivity contribution in [1.82, 2.24) is 14.1 Å². The molecule has 1 aliphatic rings. The Bertz CT molecular complexity index is 533. The lowest BCUT2D eigenvalue weighted by molar-refractivity contribution is 0.375. The summed E-state index contributed by atoms with van der Waals surface area (Å²) >= 11 is 0. The van der Waals surface area contributed by atoms with Gasteiger partial charge in [0.25, 0.3) is 0 Å². The van der Waals surface area contributed by atoms with E-state index in [1.54, 1.807) is 7.05 Å². The summed E-state index contributed by atoms with van der Waals surface area (Å²) in [5, 5.41) is 3.87. The molecule has 1 aromatic heterocycles. The van der Waals surface area contributed by atoms with Crippen molar-refractivity contribution in [1.29, 1.82) is 0 Å². The molecule has 0 atom stereocenters. The van der Waals surface area contributed by atoms with Gasteiger partial charge in [-0.1, -0.05) is 13.8 Å². The zero-order valence-electron chi connectivity index (χ0n) is 10.3. The van der Waals surface area contributed by atoms with Gasteiger partial charge in [0, 0.05) is 26.3 Å². The first-order valence-electron chi connectivity index (χ1n) is 5.52. The minimum Gasteiger partial charge on any atom is -0.381 e. The fourth-order valence-electron chi connectivity index (χ4n) is 2.09. The maximum absolute atomic E-state index is 12.3. The van der Waals surface area contributed by atoms with Gasteiger partial charge in [0.15, 0.2) is 5.82 Å². The van der Waals surface area contributed by atoms with Gasteiger partial charge in [-0.3, -0.25) is 4.68 Å². The Hall–Kier alpha value is -1.08. The van der Waals surface area contributed by atoms with Gasteiger partial charge in [0.1, 0.15) is 4.90 Å². The van der Waals surface area contributed by atoms with E-state index in [1.807, 2.05) is 0 Å². The van der Waals surface area contributed by atoms with Crippen LogP contribution in [0.4, 0.5) is 5.82 Å². The normalized spacial score (nSPS) is 20.9. The number of nitrogens with two attached hydrogens (primary N) is 1. The lowest BCUT2D eigenvalue weighted by Gasteiger charge is -2.19. The lowest BCUT2D eigenvalue weighted by atomic mass is 9.93. The molecule has 0 unspecified atom stereocenters. The second-order valence-corrected chi connectivity index (χ2v) is 7.21. The van der Waals surface area contributed by atoms with Crippen LogP contribution in [0.1, 0.15) is 20.3 Å². The van der Waals surface area contributed by atoms with Crippen molar-refractivity contribution in [3.05, 3.63) is 6.20 Å². The van der Waals surface area contributed by atoms with Crippen LogP contribution in [0, 0.1) is 5.41 Å². The van der Waals surface area contributed by atoms with Crippen LogP contribution < -0.4 is 5.73 Å². The summed E-state index contributed by atoms with van der Waals surface area (Å²) in [6, 6.07) is 0. The molecule has 1 fully saturated rings. The van der Waals surface area contributed by atoms with E-state index >= 15 is 0 Å². The molecular formula is C10H18N4O2S. The number of hydrogen-bond acceptors (Lipinski definition) is 4. The largest absolute Gasteiger partial charge is 0.381 e. The topological polar surface area (TPSA) is 81.2 Å². The Morgan fingerprint density at radius 3 is 2.53 bits per heavy atom. The fourth-order valence-corrected chi connectivity index (χ4v) is 3.81. The Kier molecular flexibility index (Phi) is 2.70. The standard InChI is InChI=1S/C10H18N4O2S/c1-10(2)4-5-14(7-10)17(15,16)8-6-13(3)12-9(8)11/h6H,4-5,7H2,1-3H3,(H2,11,12). The molecule has 0 radical (unpaired) electrons. The van der Waals surface area contributed by atoms with Gasteiger partial charge in [0.2, 0.25) is 10.0 Å². The van der Waals surface area contributed by atoms with Crippen LogP contribution in [0.2, 0.25) is 0 Å². The molecule has 1 aromatic rings. The summed E-state index contributed by atoms with van der Waals surface area (Å²) in [4.78, 5) is 0.109. The summed E-state index contributed by atoms with van der Waals surface area (Å²) in [7, 11) is -1.84. The van der Waals surface area contributed by atoms with Crippen LogP contribution in [0.5, 0.6) is 0 Å². The Morgan fingerprint density at radius 2 is 2.12 bits per heavy atom. The highest BCUT2D eigenvalue weighted by Gasteiger charge is 2.38. The summed E-state index contributed by atoms with van der Waals surface area (Å²) in [5.41, 5.74) is 5.66. The maximum Gasteiger partial charge on any atom is 0.248 e. The molecule has 2 N–H and O–H groups in total. The van der Waals surface area contributed by atoms with Crippen molar-refractivity contribution in [3.8, 4) is 0 Å². The number of hydrogen-bond donors (Lipinski definition) is 1. The minimum absolute atomic E-state index is 0.0318. The van der Waals surface area contributed by atoms with Gasteiger partial charge in [-0.25, -0.2) is 8.42 Å². The Morgan fingerprint density at radius 1 is 1.47 bits per heavy atom. The molecule has 0 saturated carbocycles. The molecule has 7 heteroatoms. The average molecular weight is 258 g/mol. The second-order valence-electron chi connectivity index (χ2n) is 5.31. The summed E-state index contributed by atoms with van der Waals surface area (Å²) in [5.74, 6) is 0.0669. The molecule has 0 bridgehead atoms. The van der Waals surface area contributed by atoms with Crippen molar-refractivity contribution in [3.63, 3.8) is 0 Å². The number of anilines is 1. The summed E-state index contributed by atoms with van der Waals surface area (Å²) < 4.78 is 27.6. The lowest BCUT2D eigenvalue weighted by Crippen LogP contribution is -2.30. The van der Waals surface area contributed by atoms with Crippen molar-refractivity contribution >= 4 is 15.8 Å². The molecule has 0 aliphatic carbocycles. The van der Waals surface area contributed by atoms with E-state index < -0.39 is 10.0 Å². The van der Waals surface area contributed by atoms with Crippen LogP contribution in [-0.4, -0.2) is 35.6 Å². The predicted molar refractivity (Wildman–Crippen MR) is 64.8 cm³/mol. The second kappa shape index (κ2) is 3.71. The number of aryl methyl sites for hydroxylation is 1. The van der Waals surface area contributed by atoms with E-state index in [-0.39, 0.29) is 16.1 Å². The first-order chi connectivity index (χ1) is 7.72. The van der Waals surface area contributed by atoms with Gasteiger partial charge >= 0.3 is 0 Å². The van der Waals surface area contributed by atoms with Crippen molar-refractivity contribution in [2.45, 2.75) is 25.2 Å². The fraction of sp³-hybridized carbons (Fsp3) is 0.700. The highest BCUT2D eigenvalue weighted by molar-refractivity contribution is 7.89. The molecule has 96 valence electrons. The van der Waals surface area contributed by atoms with E-state index in [2.05, 4.69) is 18.9 Å². The van der Waals surface area contributed by atoms with Crippen LogP contribution in [0.15, 0.2) is 11.1 Å². The number of sulfonamides is 1. The molecule has 0 amide bonds.